The van der Waals surface area contributed by atoms with Crippen LogP contribution in [-0.2, 0) is 12.7 Å². The van der Waals surface area contributed by atoms with Gasteiger partial charge in [0.1, 0.15) is 11.5 Å². The third-order valence-corrected chi connectivity index (χ3v) is 5.18. The molecule has 0 radical (unpaired) electrons. The van der Waals surface area contributed by atoms with Crippen LogP contribution in [0, 0.1) is 11.2 Å². The number of alkyl halides is 3. The molecule has 0 fully saturated rings. The highest BCUT2D eigenvalue weighted by Gasteiger charge is 2.38. The summed E-state index contributed by atoms with van der Waals surface area (Å²) in [6.07, 6.45) is -5.64. The zero-order valence-corrected chi connectivity index (χ0v) is 20.0. The lowest BCUT2D eigenvalue weighted by atomic mass is 9.96. The predicted molar refractivity (Wildman–Crippen MR) is 123 cm³/mol. The number of ether oxygens (including phenoxy) is 1. The van der Waals surface area contributed by atoms with Crippen molar-refractivity contribution in [2.24, 2.45) is 5.41 Å². The van der Waals surface area contributed by atoms with Gasteiger partial charge in [0.15, 0.2) is 0 Å². The number of rotatable bonds is 5. The Balaban J connectivity index is 2.19. The van der Waals surface area contributed by atoms with Crippen LogP contribution in [0.3, 0.4) is 0 Å². The van der Waals surface area contributed by atoms with Crippen LogP contribution in [-0.4, -0.2) is 29.2 Å². The van der Waals surface area contributed by atoms with Gasteiger partial charge in [0.2, 0.25) is 5.88 Å². The van der Waals surface area contributed by atoms with E-state index in [1.54, 1.807) is 30.3 Å². The summed E-state index contributed by atoms with van der Waals surface area (Å²) in [4.78, 5) is 14.1. The Hall–Kier alpha value is -3.00. The molecule has 0 spiro atoms. The van der Waals surface area contributed by atoms with Crippen LogP contribution < -0.4 is 4.74 Å². The summed E-state index contributed by atoms with van der Waals surface area (Å²) in [5.74, 6) is -1.23. The highest BCUT2D eigenvalue weighted by atomic mass is 35.5. The highest BCUT2D eigenvalue weighted by molar-refractivity contribution is 6.30. The van der Waals surface area contributed by atoms with E-state index in [1.807, 2.05) is 20.8 Å². The predicted octanol–water partition coefficient (Wildman–Crippen LogP) is 7.49. The van der Waals surface area contributed by atoms with E-state index >= 15 is 0 Å². The molecule has 9 heteroatoms. The molecule has 0 N–H and O–H groups in total. The van der Waals surface area contributed by atoms with Gasteiger partial charge in [-0.2, -0.15) is 13.2 Å². The quantitative estimate of drug-likeness (QED) is 0.343. The third-order valence-electron chi connectivity index (χ3n) is 4.95. The lowest BCUT2D eigenvalue weighted by Gasteiger charge is -2.26. The summed E-state index contributed by atoms with van der Waals surface area (Å²) < 4.78 is 63.3. The molecule has 1 amide bonds. The van der Waals surface area contributed by atoms with Crippen LogP contribution in [0.1, 0.15) is 32.0 Å². The zero-order valence-electron chi connectivity index (χ0n) is 19.2. The van der Waals surface area contributed by atoms with Gasteiger partial charge in [0.05, 0.1) is 6.54 Å². The fourth-order valence-electron chi connectivity index (χ4n) is 3.64. The van der Waals surface area contributed by atoms with E-state index in [4.69, 9.17) is 16.3 Å². The summed E-state index contributed by atoms with van der Waals surface area (Å²) >= 11 is 5.83. The molecule has 0 unspecified atom stereocenters. The minimum absolute atomic E-state index is 0.0875. The molecule has 0 saturated carbocycles. The average Bonchev–Trinajstić information content (AvgIpc) is 3.05. The third kappa shape index (κ3) is 6.11. The zero-order chi connectivity index (χ0) is 25.3. The standard InChI is InChI=1S/C25H25ClF4N2O2/c1-24(2,3)15-31(4)23(33)34-22-19(18-11-10-17(26)12-20(18)27)13-21(25(28,29)30)32(22)14-16-8-6-5-7-9-16/h5-13H,14-15H2,1-4H3. The normalized spacial score (nSPS) is 12.0. The van der Waals surface area contributed by atoms with Gasteiger partial charge in [0, 0.05) is 29.7 Å². The summed E-state index contributed by atoms with van der Waals surface area (Å²) in [7, 11) is 1.49. The lowest BCUT2D eigenvalue weighted by molar-refractivity contribution is -0.143. The van der Waals surface area contributed by atoms with Gasteiger partial charge in [-0.25, -0.2) is 9.18 Å². The maximum Gasteiger partial charge on any atom is 0.431 e. The van der Waals surface area contributed by atoms with Gasteiger partial charge < -0.3 is 14.2 Å². The van der Waals surface area contributed by atoms with E-state index in [2.05, 4.69) is 0 Å². The molecule has 1 aromatic heterocycles. The average molecular weight is 497 g/mol. The second kappa shape index (κ2) is 9.70. The molecule has 0 aliphatic carbocycles. The van der Waals surface area contributed by atoms with Gasteiger partial charge in [-0.1, -0.05) is 62.7 Å². The van der Waals surface area contributed by atoms with Crippen LogP contribution in [0.4, 0.5) is 22.4 Å². The van der Waals surface area contributed by atoms with Gasteiger partial charge in [-0.05, 0) is 35.2 Å². The second-order valence-corrected chi connectivity index (χ2v) is 9.66. The summed E-state index contributed by atoms with van der Waals surface area (Å²) in [5, 5.41) is 0.0875. The summed E-state index contributed by atoms with van der Waals surface area (Å²) in [6.45, 7) is 5.78. The van der Waals surface area contributed by atoms with Crippen LogP contribution in [0.15, 0.2) is 54.6 Å². The first kappa shape index (κ1) is 25.6. The minimum atomic E-state index is -4.78. The summed E-state index contributed by atoms with van der Waals surface area (Å²) in [5.41, 5.74) is -1.16. The van der Waals surface area contributed by atoms with Crippen molar-refractivity contribution in [1.29, 1.82) is 0 Å². The number of carbonyl (C=O) groups excluding carboxylic acids is 1. The van der Waals surface area contributed by atoms with Crippen molar-refractivity contribution in [3.8, 4) is 17.0 Å². The van der Waals surface area contributed by atoms with Crippen LogP contribution in [0.25, 0.3) is 11.1 Å². The fraction of sp³-hybridized carbons (Fsp3) is 0.320. The summed E-state index contributed by atoms with van der Waals surface area (Å²) in [6, 6.07) is 12.8. The highest BCUT2D eigenvalue weighted by Crippen LogP contribution is 2.42. The Morgan fingerprint density at radius 1 is 1.03 bits per heavy atom. The molecular formula is C25H25ClF4N2O2. The molecule has 34 heavy (non-hydrogen) atoms. The number of hydrogen-bond acceptors (Lipinski definition) is 2. The molecule has 0 atom stereocenters. The SMILES string of the molecule is CN(CC(C)(C)C)C(=O)Oc1c(-c2ccc(Cl)cc2F)cc(C(F)(F)F)n1Cc1ccccc1. The smallest absolute Gasteiger partial charge is 0.392 e. The lowest BCUT2D eigenvalue weighted by Crippen LogP contribution is -2.36. The van der Waals surface area contributed by atoms with Crippen molar-refractivity contribution in [3.63, 3.8) is 0 Å². The van der Waals surface area contributed by atoms with Crippen molar-refractivity contribution >= 4 is 17.7 Å². The number of nitrogens with zero attached hydrogens (tertiary/aromatic N) is 2. The van der Waals surface area contributed by atoms with Crippen LogP contribution in [0.5, 0.6) is 5.88 Å². The van der Waals surface area contributed by atoms with Crippen molar-refractivity contribution in [2.75, 3.05) is 13.6 Å². The Bertz CT molecular complexity index is 1170. The van der Waals surface area contributed by atoms with E-state index in [0.29, 0.717) is 12.1 Å². The number of carbonyl (C=O) groups is 1. The fourth-order valence-corrected chi connectivity index (χ4v) is 3.80. The Labute approximate surface area is 200 Å². The largest absolute Gasteiger partial charge is 0.431 e. The van der Waals surface area contributed by atoms with Crippen molar-refractivity contribution in [3.05, 3.63) is 76.7 Å². The van der Waals surface area contributed by atoms with Crippen LogP contribution in [0.2, 0.25) is 5.02 Å². The van der Waals surface area contributed by atoms with E-state index in [1.165, 1.54) is 24.1 Å². The first-order valence-corrected chi connectivity index (χ1v) is 10.9. The molecule has 0 saturated heterocycles. The molecule has 3 rings (SSSR count). The van der Waals surface area contributed by atoms with E-state index < -0.39 is 29.7 Å². The number of aromatic nitrogens is 1. The molecule has 0 aliphatic rings. The number of halogens is 5. The molecule has 182 valence electrons. The number of benzene rings is 2. The van der Waals surface area contributed by atoms with Crippen molar-refractivity contribution in [2.45, 2.75) is 33.5 Å². The van der Waals surface area contributed by atoms with Crippen LogP contribution >= 0.6 is 11.6 Å². The van der Waals surface area contributed by atoms with E-state index in [-0.39, 0.29) is 28.1 Å². The topological polar surface area (TPSA) is 34.5 Å². The van der Waals surface area contributed by atoms with Gasteiger partial charge in [-0.15, -0.1) is 0 Å². The van der Waals surface area contributed by atoms with Gasteiger partial charge in [0.25, 0.3) is 0 Å². The molecule has 4 nitrogen and oxygen atoms in total. The Kier molecular flexibility index (Phi) is 7.31. The molecule has 2 aromatic carbocycles. The Morgan fingerprint density at radius 3 is 2.24 bits per heavy atom. The maximum absolute atomic E-state index is 14.8. The second-order valence-electron chi connectivity index (χ2n) is 9.23. The van der Waals surface area contributed by atoms with Crippen molar-refractivity contribution < 1.29 is 27.1 Å². The van der Waals surface area contributed by atoms with E-state index in [0.717, 1.165) is 16.7 Å². The van der Waals surface area contributed by atoms with Gasteiger partial charge >= 0.3 is 12.3 Å². The molecule has 1 heterocycles. The molecule has 0 bridgehead atoms. The minimum Gasteiger partial charge on any atom is -0.392 e. The maximum atomic E-state index is 14.8. The molecular weight excluding hydrogens is 472 g/mol. The number of amides is 1. The first-order chi connectivity index (χ1) is 15.8. The molecule has 3 aromatic rings. The van der Waals surface area contributed by atoms with E-state index in [9.17, 15) is 22.4 Å². The monoisotopic (exact) mass is 496 g/mol. The van der Waals surface area contributed by atoms with Crippen molar-refractivity contribution in [1.82, 2.24) is 9.47 Å². The number of hydrogen-bond donors (Lipinski definition) is 0. The first-order valence-electron chi connectivity index (χ1n) is 10.5. The molecule has 0 aliphatic heterocycles. The van der Waals surface area contributed by atoms with Gasteiger partial charge in [-0.3, -0.25) is 0 Å². The Morgan fingerprint density at radius 2 is 1.68 bits per heavy atom.